The molecule has 0 bridgehead atoms. The highest BCUT2D eigenvalue weighted by atomic mass is 16.6. The molecule has 0 amide bonds. The Morgan fingerprint density at radius 2 is 2.06 bits per heavy atom. The number of nitro groups is 1. The second-order valence-electron chi connectivity index (χ2n) is 5.17. The van der Waals surface area contributed by atoms with E-state index in [1.807, 2.05) is 6.92 Å². The lowest BCUT2D eigenvalue weighted by Gasteiger charge is -2.28. The summed E-state index contributed by atoms with van der Waals surface area (Å²) in [5.74, 6) is 0.589. The predicted octanol–water partition coefficient (Wildman–Crippen LogP) is 2.27. The quantitative estimate of drug-likeness (QED) is 0.631. The van der Waals surface area contributed by atoms with Crippen LogP contribution in [0.15, 0.2) is 6.20 Å². The Balaban J connectivity index is 3.08. The first-order chi connectivity index (χ1) is 8.25. The van der Waals surface area contributed by atoms with E-state index in [-0.39, 0.29) is 23.0 Å². The van der Waals surface area contributed by atoms with Gasteiger partial charge in [0.05, 0.1) is 4.92 Å². The van der Waals surface area contributed by atoms with Gasteiger partial charge in [0.1, 0.15) is 6.20 Å². The van der Waals surface area contributed by atoms with Crippen LogP contribution in [0, 0.1) is 15.5 Å². The summed E-state index contributed by atoms with van der Waals surface area (Å²) in [5, 5.41) is 16.8. The SMILES string of the molecule is CNc1ncc([N+](=O)[O-])c(NC(C)C(C)(C)C)n1. The average Bonchev–Trinajstić information content (AvgIpc) is 2.27. The van der Waals surface area contributed by atoms with Crippen molar-refractivity contribution in [1.82, 2.24) is 9.97 Å². The minimum Gasteiger partial charge on any atom is -0.361 e. The molecule has 0 aliphatic rings. The molecule has 0 saturated carbocycles. The van der Waals surface area contributed by atoms with E-state index in [0.29, 0.717) is 5.95 Å². The standard InChI is InChI=1S/C11H19N5O2/c1-7(11(2,3)4)14-9-8(16(17)18)6-13-10(12-5)15-9/h6-7H,1-5H3,(H2,12,13,14,15). The van der Waals surface area contributed by atoms with E-state index < -0.39 is 4.92 Å². The van der Waals surface area contributed by atoms with Crippen LogP contribution in [0.4, 0.5) is 17.5 Å². The maximum absolute atomic E-state index is 10.9. The summed E-state index contributed by atoms with van der Waals surface area (Å²) < 4.78 is 0. The third kappa shape index (κ3) is 3.28. The first kappa shape index (κ1) is 14.1. The van der Waals surface area contributed by atoms with Crippen LogP contribution in [0.1, 0.15) is 27.7 Å². The lowest BCUT2D eigenvalue weighted by Crippen LogP contribution is -2.31. The van der Waals surface area contributed by atoms with Gasteiger partial charge >= 0.3 is 5.69 Å². The molecule has 0 aliphatic heterocycles. The fraction of sp³-hybridized carbons (Fsp3) is 0.636. The molecule has 0 aliphatic carbocycles. The maximum Gasteiger partial charge on any atom is 0.329 e. The van der Waals surface area contributed by atoms with Crippen molar-refractivity contribution >= 4 is 17.5 Å². The zero-order valence-corrected chi connectivity index (χ0v) is 11.3. The van der Waals surface area contributed by atoms with Gasteiger partial charge in [-0.05, 0) is 12.3 Å². The molecule has 7 heteroatoms. The van der Waals surface area contributed by atoms with E-state index in [1.165, 1.54) is 6.20 Å². The summed E-state index contributed by atoms with van der Waals surface area (Å²) in [7, 11) is 1.66. The Bertz CT molecular complexity index is 442. The zero-order valence-electron chi connectivity index (χ0n) is 11.3. The molecule has 100 valence electrons. The number of anilines is 2. The van der Waals surface area contributed by atoms with Crippen LogP contribution in [-0.2, 0) is 0 Å². The van der Waals surface area contributed by atoms with Gasteiger partial charge in [-0.3, -0.25) is 10.1 Å². The van der Waals surface area contributed by atoms with Gasteiger partial charge in [0.15, 0.2) is 0 Å². The first-order valence-electron chi connectivity index (χ1n) is 5.71. The molecule has 1 unspecified atom stereocenters. The molecule has 0 aromatic carbocycles. The molecule has 1 rings (SSSR count). The van der Waals surface area contributed by atoms with Gasteiger partial charge in [-0.2, -0.15) is 4.98 Å². The van der Waals surface area contributed by atoms with Crippen molar-refractivity contribution in [3.63, 3.8) is 0 Å². The van der Waals surface area contributed by atoms with Gasteiger partial charge in [0.2, 0.25) is 11.8 Å². The first-order valence-corrected chi connectivity index (χ1v) is 5.71. The molecule has 2 N–H and O–H groups in total. The highest BCUT2D eigenvalue weighted by Gasteiger charge is 2.24. The highest BCUT2D eigenvalue weighted by Crippen LogP contribution is 2.27. The monoisotopic (exact) mass is 253 g/mol. The number of hydrogen-bond acceptors (Lipinski definition) is 6. The molecule has 18 heavy (non-hydrogen) atoms. The van der Waals surface area contributed by atoms with Crippen LogP contribution in [0.25, 0.3) is 0 Å². The lowest BCUT2D eigenvalue weighted by atomic mass is 9.88. The summed E-state index contributed by atoms with van der Waals surface area (Å²) in [6, 6.07) is 0.0378. The fourth-order valence-corrected chi connectivity index (χ4v) is 1.16. The van der Waals surface area contributed by atoms with Crippen LogP contribution in [0.2, 0.25) is 0 Å². The van der Waals surface area contributed by atoms with Gasteiger partial charge in [-0.25, -0.2) is 4.98 Å². The third-order valence-electron chi connectivity index (χ3n) is 2.84. The minimum atomic E-state index is -0.489. The number of nitrogens with zero attached hydrogens (tertiary/aromatic N) is 3. The zero-order chi connectivity index (χ0) is 13.9. The Morgan fingerprint density at radius 1 is 1.44 bits per heavy atom. The fourth-order valence-electron chi connectivity index (χ4n) is 1.16. The molecular formula is C11H19N5O2. The van der Waals surface area contributed by atoms with Gasteiger partial charge in [-0.15, -0.1) is 0 Å². The molecule has 1 atom stereocenters. The molecular weight excluding hydrogens is 234 g/mol. The van der Waals surface area contributed by atoms with E-state index in [1.54, 1.807) is 7.05 Å². The third-order valence-corrected chi connectivity index (χ3v) is 2.84. The van der Waals surface area contributed by atoms with E-state index in [4.69, 9.17) is 0 Å². The van der Waals surface area contributed by atoms with E-state index >= 15 is 0 Å². The molecule has 0 saturated heterocycles. The van der Waals surface area contributed by atoms with Crippen molar-refractivity contribution in [2.45, 2.75) is 33.7 Å². The number of hydrogen-bond donors (Lipinski definition) is 2. The summed E-state index contributed by atoms with van der Waals surface area (Å²) in [6.07, 6.45) is 1.20. The summed E-state index contributed by atoms with van der Waals surface area (Å²) in [5.41, 5.74) is -0.149. The van der Waals surface area contributed by atoms with Crippen molar-refractivity contribution in [2.24, 2.45) is 5.41 Å². The average molecular weight is 253 g/mol. The molecule has 0 spiro atoms. The topological polar surface area (TPSA) is 93.0 Å². The number of nitrogens with one attached hydrogen (secondary N) is 2. The van der Waals surface area contributed by atoms with Crippen molar-refractivity contribution in [3.05, 3.63) is 16.3 Å². The van der Waals surface area contributed by atoms with Crippen molar-refractivity contribution in [2.75, 3.05) is 17.7 Å². The molecule has 1 heterocycles. The number of rotatable bonds is 4. The Labute approximate surface area is 106 Å². The van der Waals surface area contributed by atoms with Gasteiger partial charge < -0.3 is 10.6 Å². The minimum absolute atomic E-state index is 0.0291. The van der Waals surface area contributed by atoms with Crippen molar-refractivity contribution < 1.29 is 4.92 Å². The van der Waals surface area contributed by atoms with Crippen LogP contribution < -0.4 is 10.6 Å². The van der Waals surface area contributed by atoms with Crippen molar-refractivity contribution in [1.29, 1.82) is 0 Å². The van der Waals surface area contributed by atoms with Crippen molar-refractivity contribution in [3.8, 4) is 0 Å². The van der Waals surface area contributed by atoms with Crippen LogP contribution in [0.5, 0.6) is 0 Å². The maximum atomic E-state index is 10.9. The Morgan fingerprint density at radius 3 is 2.50 bits per heavy atom. The summed E-state index contributed by atoms with van der Waals surface area (Å²) in [4.78, 5) is 18.4. The lowest BCUT2D eigenvalue weighted by molar-refractivity contribution is -0.384. The summed E-state index contributed by atoms with van der Waals surface area (Å²) >= 11 is 0. The Hall–Kier alpha value is -1.92. The van der Waals surface area contributed by atoms with Gasteiger partial charge in [-0.1, -0.05) is 20.8 Å². The van der Waals surface area contributed by atoms with E-state index in [0.717, 1.165) is 0 Å². The summed E-state index contributed by atoms with van der Waals surface area (Å²) in [6.45, 7) is 8.12. The van der Waals surface area contributed by atoms with E-state index in [9.17, 15) is 10.1 Å². The van der Waals surface area contributed by atoms with Gasteiger partial charge in [0.25, 0.3) is 0 Å². The van der Waals surface area contributed by atoms with Crippen LogP contribution >= 0.6 is 0 Å². The van der Waals surface area contributed by atoms with E-state index in [2.05, 4.69) is 41.4 Å². The second kappa shape index (κ2) is 5.16. The second-order valence-corrected chi connectivity index (χ2v) is 5.17. The predicted molar refractivity (Wildman–Crippen MR) is 70.8 cm³/mol. The largest absolute Gasteiger partial charge is 0.361 e. The highest BCUT2D eigenvalue weighted by molar-refractivity contribution is 5.57. The van der Waals surface area contributed by atoms with Gasteiger partial charge in [0, 0.05) is 13.1 Å². The molecule has 1 aromatic rings. The normalized spacial score (nSPS) is 12.9. The molecule has 0 fully saturated rings. The van der Waals surface area contributed by atoms with Crippen LogP contribution in [-0.4, -0.2) is 28.0 Å². The van der Waals surface area contributed by atoms with Crippen LogP contribution in [0.3, 0.4) is 0 Å². The molecule has 7 nitrogen and oxygen atoms in total. The molecule has 0 radical (unpaired) electrons. The number of aromatic nitrogens is 2. The molecule has 1 aromatic heterocycles. The smallest absolute Gasteiger partial charge is 0.329 e. The Kier molecular flexibility index (Phi) is 4.05.